The van der Waals surface area contributed by atoms with E-state index in [-0.39, 0.29) is 17.3 Å². The Balaban J connectivity index is 2.13. The number of aliphatic hydroxyl groups is 1. The predicted octanol–water partition coefficient (Wildman–Crippen LogP) is 2.85. The summed E-state index contributed by atoms with van der Waals surface area (Å²) in [6.07, 6.45) is -1.93. The van der Waals surface area contributed by atoms with Crippen molar-refractivity contribution in [1.82, 2.24) is 5.32 Å². The Hall–Kier alpha value is -1.27. The fraction of sp³-hybridized carbons (Fsp3) is 0.571. The van der Waals surface area contributed by atoms with Crippen LogP contribution in [0.15, 0.2) is 18.2 Å². The number of alkyl halides is 3. The lowest BCUT2D eigenvalue weighted by atomic mass is 9.94. The summed E-state index contributed by atoms with van der Waals surface area (Å²) in [5.74, 6) is 0. The molecule has 6 heteroatoms. The molecular weight excluding hydrogens is 269 g/mol. The van der Waals surface area contributed by atoms with Gasteiger partial charge in [0.25, 0.3) is 0 Å². The van der Waals surface area contributed by atoms with Crippen molar-refractivity contribution in [2.24, 2.45) is 0 Å². The van der Waals surface area contributed by atoms with Crippen molar-refractivity contribution in [2.75, 3.05) is 12.3 Å². The topological polar surface area (TPSA) is 58.3 Å². The van der Waals surface area contributed by atoms with Crippen molar-refractivity contribution in [1.29, 1.82) is 0 Å². The van der Waals surface area contributed by atoms with Crippen LogP contribution in [-0.2, 0) is 6.18 Å². The van der Waals surface area contributed by atoms with E-state index in [0.29, 0.717) is 6.42 Å². The molecule has 2 rings (SSSR count). The number of halogens is 3. The summed E-state index contributed by atoms with van der Waals surface area (Å²) in [7, 11) is 0. The van der Waals surface area contributed by atoms with Crippen LogP contribution in [0.3, 0.4) is 0 Å². The van der Waals surface area contributed by atoms with E-state index in [2.05, 4.69) is 5.32 Å². The molecule has 0 bridgehead atoms. The van der Waals surface area contributed by atoms with Crippen molar-refractivity contribution in [3.63, 3.8) is 0 Å². The second kappa shape index (κ2) is 6.01. The molecule has 0 radical (unpaired) electrons. The van der Waals surface area contributed by atoms with E-state index in [1.807, 2.05) is 0 Å². The fourth-order valence-corrected chi connectivity index (χ4v) is 2.56. The first-order chi connectivity index (χ1) is 9.38. The number of anilines is 1. The number of hydrogen-bond donors (Lipinski definition) is 3. The van der Waals surface area contributed by atoms with Crippen molar-refractivity contribution in [3.8, 4) is 0 Å². The Labute approximate surface area is 116 Å². The molecule has 0 amide bonds. The number of nitrogens with one attached hydrogen (secondary N) is 1. The van der Waals surface area contributed by atoms with Crippen molar-refractivity contribution in [3.05, 3.63) is 29.3 Å². The SMILES string of the molecule is Nc1ccc(C(F)(F)F)cc1C(O)CC1CCCCN1. The first-order valence-corrected chi connectivity index (χ1v) is 6.76. The van der Waals surface area contributed by atoms with Gasteiger partial charge in [0.2, 0.25) is 0 Å². The lowest BCUT2D eigenvalue weighted by molar-refractivity contribution is -0.137. The standard InChI is InChI=1S/C14H19F3N2O/c15-14(16,17)9-4-5-12(18)11(7-9)13(20)8-10-3-1-2-6-19-10/h4-5,7,10,13,19-20H,1-3,6,8,18H2. The summed E-state index contributed by atoms with van der Waals surface area (Å²) in [5, 5.41) is 13.4. The Kier molecular flexibility index (Phi) is 4.55. The minimum Gasteiger partial charge on any atom is -0.398 e. The van der Waals surface area contributed by atoms with Crippen molar-refractivity contribution < 1.29 is 18.3 Å². The summed E-state index contributed by atoms with van der Waals surface area (Å²) < 4.78 is 38.1. The van der Waals surface area contributed by atoms with E-state index in [4.69, 9.17) is 5.73 Å². The van der Waals surface area contributed by atoms with E-state index in [9.17, 15) is 18.3 Å². The Morgan fingerprint density at radius 3 is 2.70 bits per heavy atom. The van der Waals surface area contributed by atoms with E-state index in [1.54, 1.807) is 0 Å². The van der Waals surface area contributed by atoms with Crippen LogP contribution in [0.5, 0.6) is 0 Å². The minimum absolute atomic E-state index is 0.132. The molecular formula is C14H19F3N2O. The molecule has 2 unspecified atom stereocenters. The van der Waals surface area contributed by atoms with E-state index in [0.717, 1.165) is 37.9 Å². The average Bonchev–Trinajstić information content (AvgIpc) is 2.39. The maximum absolute atomic E-state index is 12.7. The van der Waals surface area contributed by atoms with Gasteiger partial charge in [-0.1, -0.05) is 6.42 Å². The van der Waals surface area contributed by atoms with Gasteiger partial charge >= 0.3 is 6.18 Å². The third kappa shape index (κ3) is 3.64. The van der Waals surface area contributed by atoms with Crippen LogP contribution in [0.4, 0.5) is 18.9 Å². The number of aliphatic hydroxyl groups excluding tert-OH is 1. The molecule has 1 heterocycles. The van der Waals surface area contributed by atoms with Gasteiger partial charge in [-0.25, -0.2) is 0 Å². The number of hydrogen-bond acceptors (Lipinski definition) is 3. The molecule has 2 atom stereocenters. The molecule has 1 aromatic carbocycles. The molecule has 0 aliphatic carbocycles. The lowest BCUT2D eigenvalue weighted by Crippen LogP contribution is -2.35. The normalized spacial score (nSPS) is 21.7. The quantitative estimate of drug-likeness (QED) is 0.750. The largest absolute Gasteiger partial charge is 0.416 e. The Bertz CT molecular complexity index is 456. The van der Waals surface area contributed by atoms with Gasteiger partial charge in [-0.3, -0.25) is 0 Å². The average molecular weight is 288 g/mol. The van der Waals surface area contributed by atoms with Gasteiger partial charge in [-0.15, -0.1) is 0 Å². The van der Waals surface area contributed by atoms with Gasteiger partial charge in [-0.2, -0.15) is 13.2 Å². The number of rotatable bonds is 3. The zero-order chi connectivity index (χ0) is 14.8. The summed E-state index contributed by atoms with van der Waals surface area (Å²) in [5.41, 5.74) is 5.27. The van der Waals surface area contributed by atoms with Gasteiger partial charge in [0.1, 0.15) is 0 Å². The second-order valence-electron chi connectivity index (χ2n) is 5.24. The first-order valence-electron chi connectivity index (χ1n) is 6.76. The van der Waals surface area contributed by atoms with Crippen LogP contribution in [0.1, 0.15) is 42.9 Å². The predicted molar refractivity (Wildman–Crippen MR) is 71.1 cm³/mol. The fourth-order valence-electron chi connectivity index (χ4n) is 2.56. The summed E-state index contributed by atoms with van der Waals surface area (Å²) in [6.45, 7) is 0.884. The molecule has 3 nitrogen and oxygen atoms in total. The van der Waals surface area contributed by atoms with Crippen molar-refractivity contribution >= 4 is 5.69 Å². The molecule has 0 saturated carbocycles. The summed E-state index contributed by atoms with van der Waals surface area (Å²) in [4.78, 5) is 0. The molecule has 1 aliphatic heterocycles. The van der Waals surface area contributed by atoms with Gasteiger partial charge in [0, 0.05) is 17.3 Å². The number of nitrogen functional groups attached to an aromatic ring is 1. The van der Waals surface area contributed by atoms with Gasteiger partial charge in [0.15, 0.2) is 0 Å². The highest BCUT2D eigenvalue weighted by molar-refractivity contribution is 5.50. The highest BCUT2D eigenvalue weighted by Gasteiger charge is 2.31. The molecule has 0 spiro atoms. The zero-order valence-electron chi connectivity index (χ0n) is 11.1. The maximum atomic E-state index is 12.7. The van der Waals surface area contributed by atoms with Crippen LogP contribution < -0.4 is 11.1 Å². The molecule has 20 heavy (non-hydrogen) atoms. The van der Waals surface area contributed by atoms with E-state index >= 15 is 0 Å². The Morgan fingerprint density at radius 1 is 1.35 bits per heavy atom. The highest BCUT2D eigenvalue weighted by atomic mass is 19.4. The molecule has 112 valence electrons. The second-order valence-corrected chi connectivity index (χ2v) is 5.24. The van der Waals surface area contributed by atoms with E-state index < -0.39 is 17.8 Å². The summed E-state index contributed by atoms with van der Waals surface area (Å²) in [6, 6.07) is 3.22. The number of benzene rings is 1. The molecule has 1 aliphatic rings. The van der Waals surface area contributed by atoms with Gasteiger partial charge < -0.3 is 16.2 Å². The minimum atomic E-state index is -4.43. The number of nitrogens with two attached hydrogens (primary N) is 1. The van der Waals surface area contributed by atoms with E-state index in [1.165, 1.54) is 6.07 Å². The van der Waals surface area contributed by atoms with Crippen LogP contribution >= 0.6 is 0 Å². The molecule has 1 fully saturated rings. The lowest BCUT2D eigenvalue weighted by Gasteiger charge is -2.26. The number of piperidine rings is 1. The molecule has 1 saturated heterocycles. The zero-order valence-corrected chi connectivity index (χ0v) is 11.1. The van der Waals surface area contributed by atoms with Crippen LogP contribution in [0.25, 0.3) is 0 Å². The van der Waals surface area contributed by atoms with Crippen LogP contribution in [0, 0.1) is 0 Å². The van der Waals surface area contributed by atoms with Crippen molar-refractivity contribution in [2.45, 2.75) is 44.0 Å². The maximum Gasteiger partial charge on any atom is 0.416 e. The highest BCUT2D eigenvalue weighted by Crippen LogP contribution is 2.34. The third-order valence-electron chi connectivity index (χ3n) is 3.69. The smallest absolute Gasteiger partial charge is 0.398 e. The summed E-state index contributed by atoms with van der Waals surface area (Å²) >= 11 is 0. The molecule has 4 N–H and O–H groups in total. The van der Waals surface area contributed by atoms with Crippen LogP contribution in [0.2, 0.25) is 0 Å². The Morgan fingerprint density at radius 2 is 2.10 bits per heavy atom. The third-order valence-corrected chi connectivity index (χ3v) is 3.69. The first kappa shape index (κ1) is 15.1. The molecule has 0 aromatic heterocycles. The van der Waals surface area contributed by atoms with Gasteiger partial charge in [-0.05, 0) is 44.0 Å². The van der Waals surface area contributed by atoms with Gasteiger partial charge in [0.05, 0.1) is 11.7 Å². The monoisotopic (exact) mass is 288 g/mol. The van der Waals surface area contributed by atoms with Crippen LogP contribution in [-0.4, -0.2) is 17.7 Å². The molecule has 1 aromatic rings.